The fourth-order valence-electron chi connectivity index (χ4n) is 1.49. The Morgan fingerprint density at radius 2 is 2.00 bits per heavy atom. The van der Waals surface area contributed by atoms with Crippen molar-refractivity contribution in [2.75, 3.05) is 0 Å². The zero-order valence-corrected chi connectivity index (χ0v) is 11.7. The van der Waals surface area contributed by atoms with Gasteiger partial charge in [-0.15, -0.1) is 6.58 Å². The summed E-state index contributed by atoms with van der Waals surface area (Å²) in [6.45, 7) is 9.08. The summed E-state index contributed by atoms with van der Waals surface area (Å²) in [6.07, 6.45) is 1.47. The highest BCUT2D eigenvalue weighted by molar-refractivity contribution is 5.66. The number of carbonyl (C=O) groups excluding carboxylic acids is 1. The minimum atomic E-state index is -0.600. The maximum absolute atomic E-state index is 11.5. The van der Waals surface area contributed by atoms with E-state index in [0.717, 1.165) is 5.56 Å². The van der Waals surface area contributed by atoms with Crippen molar-refractivity contribution in [1.82, 2.24) is 5.48 Å². The van der Waals surface area contributed by atoms with Gasteiger partial charge in [-0.25, -0.2) is 4.79 Å². The van der Waals surface area contributed by atoms with Gasteiger partial charge in [0.15, 0.2) is 0 Å². The van der Waals surface area contributed by atoms with Gasteiger partial charge in [-0.2, -0.15) is 5.48 Å². The van der Waals surface area contributed by atoms with Crippen molar-refractivity contribution >= 4 is 6.09 Å². The predicted molar refractivity (Wildman–Crippen MR) is 74.5 cm³/mol. The summed E-state index contributed by atoms with van der Waals surface area (Å²) < 4.78 is 5.10. The second-order valence-electron chi connectivity index (χ2n) is 5.15. The van der Waals surface area contributed by atoms with Crippen LogP contribution in [0, 0.1) is 0 Å². The third-order valence-corrected chi connectivity index (χ3v) is 2.24. The van der Waals surface area contributed by atoms with Gasteiger partial charge >= 0.3 is 6.09 Å². The molecule has 104 valence electrons. The first kappa shape index (κ1) is 15.2. The van der Waals surface area contributed by atoms with Crippen LogP contribution < -0.4 is 5.48 Å². The van der Waals surface area contributed by atoms with E-state index in [0.29, 0.717) is 6.42 Å². The van der Waals surface area contributed by atoms with E-state index in [-0.39, 0.29) is 6.10 Å². The Balaban J connectivity index is 2.56. The molecule has 0 fully saturated rings. The van der Waals surface area contributed by atoms with E-state index in [1.165, 1.54) is 0 Å². The standard InChI is InChI=1S/C15H21NO3/c1-5-9-13(12-10-7-6-8-11-12)19-16-14(17)18-15(2,3)4/h5-8,10-11,13H,1,9H2,2-4H3,(H,16,17). The van der Waals surface area contributed by atoms with E-state index in [4.69, 9.17) is 9.57 Å². The number of benzene rings is 1. The SMILES string of the molecule is C=CCC(ONC(=O)OC(C)(C)C)c1ccccc1. The zero-order chi connectivity index (χ0) is 14.3. The summed E-state index contributed by atoms with van der Waals surface area (Å²) in [7, 11) is 0. The molecule has 0 radical (unpaired) electrons. The normalized spacial score (nSPS) is 12.6. The van der Waals surface area contributed by atoms with Crippen LogP contribution in [0.5, 0.6) is 0 Å². The molecular weight excluding hydrogens is 242 g/mol. The molecule has 0 spiro atoms. The van der Waals surface area contributed by atoms with E-state index in [2.05, 4.69) is 12.1 Å². The van der Waals surface area contributed by atoms with Crippen molar-refractivity contribution in [3.05, 3.63) is 48.6 Å². The molecule has 0 bridgehead atoms. The van der Waals surface area contributed by atoms with Gasteiger partial charge in [0.2, 0.25) is 0 Å². The van der Waals surface area contributed by atoms with E-state index in [1.54, 1.807) is 26.8 Å². The first-order chi connectivity index (χ1) is 8.92. The Labute approximate surface area is 114 Å². The monoisotopic (exact) mass is 263 g/mol. The molecule has 1 unspecified atom stereocenters. The largest absolute Gasteiger partial charge is 0.442 e. The molecule has 0 aromatic heterocycles. The lowest BCUT2D eigenvalue weighted by molar-refractivity contribution is -0.0425. The van der Waals surface area contributed by atoms with Crippen LogP contribution in [0.2, 0.25) is 0 Å². The smallest absolute Gasteiger partial charge is 0.431 e. The number of hydrogen-bond acceptors (Lipinski definition) is 3. The van der Waals surface area contributed by atoms with Crippen LogP contribution in [0.25, 0.3) is 0 Å². The van der Waals surface area contributed by atoms with Gasteiger partial charge in [-0.1, -0.05) is 36.4 Å². The first-order valence-electron chi connectivity index (χ1n) is 6.23. The Bertz CT molecular complexity index is 409. The molecule has 0 aliphatic heterocycles. The van der Waals surface area contributed by atoms with Crippen molar-refractivity contribution in [3.8, 4) is 0 Å². The highest BCUT2D eigenvalue weighted by Crippen LogP contribution is 2.20. The molecule has 1 atom stereocenters. The fraction of sp³-hybridized carbons (Fsp3) is 0.400. The Morgan fingerprint density at radius 1 is 1.37 bits per heavy atom. The fourth-order valence-corrected chi connectivity index (χ4v) is 1.49. The molecule has 1 amide bonds. The number of nitrogens with one attached hydrogen (secondary N) is 1. The third-order valence-electron chi connectivity index (χ3n) is 2.24. The van der Waals surface area contributed by atoms with Crippen LogP contribution in [-0.4, -0.2) is 11.7 Å². The molecular formula is C15H21NO3. The molecule has 0 aliphatic carbocycles. The number of hydroxylamine groups is 1. The van der Waals surface area contributed by atoms with Gasteiger partial charge in [-0.3, -0.25) is 4.84 Å². The first-order valence-corrected chi connectivity index (χ1v) is 6.23. The molecule has 4 nitrogen and oxygen atoms in total. The number of carbonyl (C=O) groups is 1. The van der Waals surface area contributed by atoms with Gasteiger partial charge in [0.1, 0.15) is 11.7 Å². The number of amides is 1. The van der Waals surface area contributed by atoms with E-state index >= 15 is 0 Å². The van der Waals surface area contributed by atoms with Gasteiger partial charge in [0.05, 0.1) is 0 Å². The predicted octanol–water partition coefficient (Wildman–Crippen LogP) is 3.76. The molecule has 1 N–H and O–H groups in total. The van der Waals surface area contributed by atoms with Crippen LogP contribution in [0.4, 0.5) is 4.79 Å². The average Bonchev–Trinajstić information content (AvgIpc) is 2.33. The van der Waals surface area contributed by atoms with E-state index in [9.17, 15) is 4.79 Å². The quantitative estimate of drug-likeness (QED) is 0.650. The van der Waals surface area contributed by atoms with Gasteiger partial charge in [0, 0.05) is 0 Å². The van der Waals surface area contributed by atoms with Gasteiger partial charge < -0.3 is 4.74 Å². The second-order valence-corrected chi connectivity index (χ2v) is 5.15. The van der Waals surface area contributed by atoms with Gasteiger partial charge in [-0.05, 0) is 32.8 Å². The van der Waals surface area contributed by atoms with Crippen molar-refractivity contribution < 1.29 is 14.4 Å². The summed E-state index contributed by atoms with van der Waals surface area (Å²) in [5.74, 6) is 0. The topological polar surface area (TPSA) is 47.6 Å². The molecule has 0 saturated carbocycles. The maximum Gasteiger partial charge on any atom is 0.431 e. The number of hydrogen-bond donors (Lipinski definition) is 1. The summed E-state index contributed by atoms with van der Waals surface area (Å²) >= 11 is 0. The highest BCUT2D eigenvalue weighted by Gasteiger charge is 2.18. The lowest BCUT2D eigenvalue weighted by Crippen LogP contribution is -2.33. The van der Waals surface area contributed by atoms with Crippen molar-refractivity contribution in [1.29, 1.82) is 0 Å². The molecule has 0 heterocycles. The van der Waals surface area contributed by atoms with Crippen LogP contribution in [0.15, 0.2) is 43.0 Å². The Morgan fingerprint density at radius 3 is 2.53 bits per heavy atom. The molecule has 4 heteroatoms. The van der Waals surface area contributed by atoms with Crippen LogP contribution in [0.3, 0.4) is 0 Å². The van der Waals surface area contributed by atoms with Crippen LogP contribution in [0.1, 0.15) is 38.9 Å². The van der Waals surface area contributed by atoms with E-state index in [1.807, 2.05) is 30.3 Å². The maximum atomic E-state index is 11.5. The highest BCUT2D eigenvalue weighted by atomic mass is 16.7. The molecule has 1 aromatic rings. The number of ether oxygens (including phenoxy) is 1. The minimum Gasteiger partial charge on any atom is -0.442 e. The molecule has 1 aromatic carbocycles. The van der Waals surface area contributed by atoms with E-state index < -0.39 is 11.7 Å². The minimum absolute atomic E-state index is 0.272. The van der Waals surface area contributed by atoms with Crippen molar-refractivity contribution in [3.63, 3.8) is 0 Å². The molecule has 1 rings (SSSR count). The van der Waals surface area contributed by atoms with Crippen LogP contribution in [-0.2, 0) is 9.57 Å². The lowest BCUT2D eigenvalue weighted by Gasteiger charge is -2.21. The summed E-state index contributed by atoms with van der Waals surface area (Å²) in [5, 5.41) is 0. The second kappa shape index (κ2) is 6.95. The summed E-state index contributed by atoms with van der Waals surface area (Å²) in [5.41, 5.74) is 2.74. The average molecular weight is 263 g/mol. The van der Waals surface area contributed by atoms with Crippen LogP contribution >= 0.6 is 0 Å². The van der Waals surface area contributed by atoms with Crippen molar-refractivity contribution in [2.45, 2.75) is 38.9 Å². The lowest BCUT2D eigenvalue weighted by atomic mass is 10.1. The Kier molecular flexibility index (Phi) is 5.57. The Hall–Kier alpha value is -1.81. The summed E-state index contributed by atoms with van der Waals surface area (Å²) in [6, 6.07) is 9.64. The van der Waals surface area contributed by atoms with Crippen molar-refractivity contribution in [2.24, 2.45) is 0 Å². The van der Waals surface area contributed by atoms with Gasteiger partial charge in [0.25, 0.3) is 0 Å². The molecule has 19 heavy (non-hydrogen) atoms. The zero-order valence-electron chi connectivity index (χ0n) is 11.7. The summed E-state index contributed by atoms with van der Waals surface area (Å²) in [4.78, 5) is 16.9. The number of rotatable bonds is 5. The molecule has 0 aliphatic rings. The third kappa shape index (κ3) is 6.06. The molecule has 0 saturated heterocycles.